The van der Waals surface area contributed by atoms with E-state index < -0.39 is 6.10 Å². The number of aliphatic hydroxyl groups is 1. The van der Waals surface area contributed by atoms with E-state index in [-0.39, 0.29) is 5.91 Å². The second kappa shape index (κ2) is 6.71. The lowest BCUT2D eigenvalue weighted by Crippen LogP contribution is -2.27. The van der Waals surface area contributed by atoms with Crippen molar-refractivity contribution in [1.82, 2.24) is 4.90 Å². The molecule has 1 atom stereocenters. The first-order valence-electron chi connectivity index (χ1n) is 7.19. The fourth-order valence-electron chi connectivity index (χ4n) is 2.53. The molecule has 19 heavy (non-hydrogen) atoms. The summed E-state index contributed by atoms with van der Waals surface area (Å²) in [7, 11) is 0. The van der Waals surface area contributed by atoms with E-state index in [1.54, 1.807) is 0 Å². The molecule has 104 valence electrons. The van der Waals surface area contributed by atoms with Crippen molar-refractivity contribution < 1.29 is 9.90 Å². The number of benzene rings is 1. The maximum absolute atomic E-state index is 11.9. The minimum absolute atomic E-state index is 0.244. The molecule has 1 amide bonds. The highest BCUT2D eigenvalue weighted by atomic mass is 16.3. The number of carbonyl (C=O) groups excluding carboxylic acids is 1. The molecule has 0 radical (unpaired) electrons. The highest BCUT2D eigenvalue weighted by Gasteiger charge is 2.17. The SMILES string of the molecule is Cc1ccc(C(O)CCCC(=O)N2CCCC2)cc1. The van der Waals surface area contributed by atoms with Crippen LogP contribution in [0.5, 0.6) is 0 Å². The molecule has 0 aromatic heterocycles. The Morgan fingerprint density at radius 3 is 2.53 bits per heavy atom. The fourth-order valence-corrected chi connectivity index (χ4v) is 2.53. The molecule has 1 heterocycles. The maximum Gasteiger partial charge on any atom is 0.222 e. The number of carbonyl (C=O) groups is 1. The Labute approximate surface area is 115 Å². The summed E-state index contributed by atoms with van der Waals surface area (Å²) in [5.41, 5.74) is 2.14. The third kappa shape index (κ3) is 4.06. The first kappa shape index (κ1) is 14.1. The Morgan fingerprint density at radius 1 is 1.26 bits per heavy atom. The largest absolute Gasteiger partial charge is 0.388 e. The number of rotatable bonds is 5. The summed E-state index contributed by atoms with van der Waals surface area (Å²) in [5.74, 6) is 0.244. The summed E-state index contributed by atoms with van der Waals surface area (Å²) >= 11 is 0. The number of aliphatic hydroxyl groups excluding tert-OH is 1. The fraction of sp³-hybridized carbons (Fsp3) is 0.562. The zero-order valence-electron chi connectivity index (χ0n) is 11.6. The van der Waals surface area contributed by atoms with Crippen molar-refractivity contribution in [2.24, 2.45) is 0 Å². The maximum atomic E-state index is 11.9. The van der Waals surface area contributed by atoms with Crippen LogP contribution in [0.2, 0.25) is 0 Å². The van der Waals surface area contributed by atoms with Gasteiger partial charge < -0.3 is 10.0 Å². The molecule has 2 rings (SSSR count). The van der Waals surface area contributed by atoms with Crippen molar-refractivity contribution in [3.05, 3.63) is 35.4 Å². The Kier molecular flexibility index (Phi) is 4.97. The van der Waals surface area contributed by atoms with Gasteiger partial charge in [0.2, 0.25) is 5.91 Å². The van der Waals surface area contributed by atoms with Gasteiger partial charge in [0.25, 0.3) is 0 Å². The summed E-state index contributed by atoms with van der Waals surface area (Å²) in [4.78, 5) is 13.8. The van der Waals surface area contributed by atoms with Crippen molar-refractivity contribution in [3.63, 3.8) is 0 Å². The Hall–Kier alpha value is -1.35. The number of nitrogens with zero attached hydrogens (tertiary/aromatic N) is 1. The lowest BCUT2D eigenvalue weighted by Gasteiger charge is -2.16. The number of amides is 1. The Bertz CT molecular complexity index is 407. The van der Waals surface area contributed by atoms with Crippen LogP contribution in [0.1, 0.15) is 49.3 Å². The van der Waals surface area contributed by atoms with Crippen LogP contribution in [0, 0.1) is 6.92 Å². The minimum Gasteiger partial charge on any atom is -0.388 e. The molecule has 1 saturated heterocycles. The molecule has 1 fully saturated rings. The molecule has 3 heteroatoms. The van der Waals surface area contributed by atoms with E-state index in [2.05, 4.69) is 0 Å². The molecular weight excluding hydrogens is 238 g/mol. The molecule has 1 aromatic carbocycles. The van der Waals surface area contributed by atoms with Crippen molar-refractivity contribution in [1.29, 1.82) is 0 Å². The van der Waals surface area contributed by atoms with Gasteiger partial charge in [0.15, 0.2) is 0 Å². The third-order valence-corrected chi connectivity index (χ3v) is 3.79. The zero-order chi connectivity index (χ0) is 13.7. The molecule has 1 unspecified atom stereocenters. The van der Waals surface area contributed by atoms with Gasteiger partial charge in [-0.3, -0.25) is 4.79 Å². The van der Waals surface area contributed by atoms with Gasteiger partial charge >= 0.3 is 0 Å². The molecule has 3 nitrogen and oxygen atoms in total. The van der Waals surface area contributed by atoms with E-state index in [4.69, 9.17) is 0 Å². The van der Waals surface area contributed by atoms with Gasteiger partial charge in [-0.2, -0.15) is 0 Å². The standard InChI is InChI=1S/C16H23NO2/c1-13-7-9-14(10-8-13)15(18)5-4-6-16(19)17-11-2-3-12-17/h7-10,15,18H,2-6,11-12H2,1H3. The summed E-state index contributed by atoms with van der Waals surface area (Å²) in [6.45, 7) is 3.86. The van der Waals surface area contributed by atoms with Crippen molar-refractivity contribution in [2.75, 3.05) is 13.1 Å². The summed E-state index contributed by atoms with van der Waals surface area (Å²) < 4.78 is 0. The van der Waals surface area contributed by atoms with E-state index in [0.29, 0.717) is 12.8 Å². The summed E-state index contributed by atoms with van der Waals surface area (Å²) in [6.07, 6.45) is 3.79. The third-order valence-electron chi connectivity index (χ3n) is 3.79. The molecule has 1 aliphatic heterocycles. The van der Waals surface area contributed by atoms with Crippen LogP contribution in [-0.4, -0.2) is 29.0 Å². The van der Waals surface area contributed by atoms with Crippen LogP contribution in [-0.2, 0) is 4.79 Å². The van der Waals surface area contributed by atoms with E-state index in [1.807, 2.05) is 36.1 Å². The normalized spacial score (nSPS) is 16.6. The Morgan fingerprint density at radius 2 is 1.89 bits per heavy atom. The molecule has 1 N–H and O–H groups in total. The molecule has 1 aromatic rings. The Balaban J connectivity index is 1.72. The lowest BCUT2D eigenvalue weighted by molar-refractivity contribution is -0.130. The van der Waals surface area contributed by atoms with E-state index in [1.165, 1.54) is 5.56 Å². The second-order valence-corrected chi connectivity index (χ2v) is 5.41. The van der Waals surface area contributed by atoms with Crippen molar-refractivity contribution >= 4 is 5.91 Å². The van der Waals surface area contributed by atoms with Crippen LogP contribution in [0.3, 0.4) is 0 Å². The van der Waals surface area contributed by atoms with Crippen LogP contribution in [0.4, 0.5) is 0 Å². The predicted molar refractivity (Wildman–Crippen MR) is 75.8 cm³/mol. The first-order valence-corrected chi connectivity index (χ1v) is 7.19. The molecule has 0 bridgehead atoms. The highest BCUT2D eigenvalue weighted by molar-refractivity contribution is 5.76. The van der Waals surface area contributed by atoms with Crippen LogP contribution in [0.15, 0.2) is 24.3 Å². The van der Waals surface area contributed by atoms with Gasteiger partial charge in [-0.15, -0.1) is 0 Å². The molecule has 0 saturated carbocycles. The predicted octanol–water partition coefficient (Wildman–Crippen LogP) is 2.82. The van der Waals surface area contributed by atoms with Gasteiger partial charge in [-0.25, -0.2) is 0 Å². The molecular formula is C16H23NO2. The second-order valence-electron chi connectivity index (χ2n) is 5.41. The van der Waals surface area contributed by atoms with Gasteiger partial charge in [0, 0.05) is 19.5 Å². The van der Waals surface area contributed by atoms with E-state index >= 15 is 0 Å². The zero-order valence-corrected chi connectivity index (χ0v) is 11.6. The van der Waals surface area contributed by atoms with Crippen LogP contribution in [0.25, 0.3) is 0 Å². The smallest absolute Gasteiger partial charge is 0.222 e. The quantitative estimate of drug-likeness (QED) is 0.885. The minimum atomic E-state index is -0.452. The van der Waals surface area contributed by atoms with Gasteiger partial charge in [0.1, 0.15) is 0 Å². The lowest BCUT2D eigenvalue weighted by atomic mass is 10.0. The molecule has 1 aliphatic rings. The monoisotopic (exact) mass is 261 g/mol. The van der Waals surface area contributed by atoms with E-state index in [9.17, 15) is 9.90 Å². The van der Waals surface area contributed by atoms with Crippen molar-refractivity contribution in [3.8, 4) is 0 Å². The van der Waals surface area contributed by atoms with Gasteiger partial charge in [0.05, 0.1) is 6.10 Å². The number of hydrogen-bond acceptors (Lipinski definition) is 2. The molecule has 0 aliphatic carbocycles. The van der Waals surface area contributed by atoms with Crippen molar-refractivity contribution in [2.45, 2.75) is 45.1 Å². The first-order chi connectivity index (χ1) is 9.16. The molecule has 0 spiro atoms. The highest BCUT2D eigenvalue weighted by Crippen LogP contribution is 2.20. The van der Waals surface area contributed by atoms with E-state index in [0.717, 1.165) is 37.9 Å². The average molecular weight is 261 g/mol. The average Bonchev–Trinajstić information content (AvgIpc) is 2.93. The summed E-state index contributed by atoms with van der Waals surface area (Å²) in [5, 5.41) is 10.1. The number of aryl methyl sites for hydroxylation is 1. The number of hydrogen-bond donors (Lipinski definition) is 1. The van der Waals surface area contributed by atoms with Gasteiger partial charge in [-0.1, -0.05) is 29.8 Å². The van der Waals surface area contributed by atoms with Gasteiger partial charge in [-0.05, 0) is 38.2 Å². The van der Waals surface area contributed by atoms with Crippen LogP contribution >= 0.6 is 0 Å². The summed E-state index contributed by atoms with van der Waals surface area (Å²) in [6, 6.07) is 7.94. The topological polar surface area (TPSA) is 40.5 Å². The number of likely N-dealkylation sites (tertiary alicyclic amines) is 1. The van der Waals surface area contributed by atoms with Crippen LogP contribution < -0.4 is 0 Å².